The molecule has 2 aliphatic rings. The molecule has 1 saturated heterocycles. The minimum atomic E-state index is -0.691. The van der Waals surface area contributed by atoms with Crippen molar-refractivity contribution in [2.45, 2.75) is 38.8 Å². The SMILES string of the molecule is CC(C(=O)NCc1cccs1)N1C[C@@H]2CCC[C@@]2(C(=O)O)C1.Cl. The molecule has 3 atom stereocenters. The van der Waals surface area contributed by atoms with Gasteiger partial charge in [0.25, 0.3) is 0 Å². The van der Waals surface area contributed by atoms with E-state index in [1.165, 1.54) is 0 Å². The molecule has 0 radical (unpaired) electrons. The maximum atomic E-state index is 12.3. The Morgan fingerprint density at radius 3 is 2.96 bits per heavy atom. The van der Waals surface area contributed by atoms with Crippen LogP contribution >= 0.6 is 23.7 Å². The number of amides is 1. The van der Waals surface area contributed by atoms with E-state index in [0.717, 1.165) is 30.7 Å². The van der Waals surface area contributed by atoms with Gasteiger partial charge in [-0.15, -0.1) is 23.7 Å². The van der Waals surface area contributed by atoms with Gasteiger partial charge < -0.3 is 10.4 Å². The van der Waals surface area contributed by atoms with E-state index in [2.05, 4.69) is 5.32 Å². The summed E-state index contributed by atoms with van der Waals surface area (Å²) in [4.78, 5) is 27.2. The van der Waals surface area contributed by atoms with Crippen LogP contribution in [0.1, 0.15) is 31.1 Å². The molecular weight excluding hydrogens is 336 g/mol. The molecule has 2 fully saturated rings. The first-order valence-electron chi connectivity index (χ1n) is 7.80. The highest BCUT2D eigenvalue weighted by molar-refractivity contribution is 7.09. The van der Waals surface area contributed by atoms with Gasteiger partial charge in [0.1, 0.15) is 0 Å². The summed E-state index contributed by atoms with van der Waals surface area (Å²) in [5.74, 6) is -0.518. The maximum absolute atomic E-state index is 12.3. The third kappa shape index (κ3) is 3.39. The van der Waals surface area contributed by atoms with Crippen molar-refractivity contribution in [3.05, 3.63) is 22.4 Å². The van der Waals surface area contributed by atoms with Crippen LogP contribution in [0.15, 0.2) is 17.5 Å². The van der Waals surface area contributed by atoms with Crippen LogP contribution in [0.3, 0.4) is 0 Å². The molecule has 1 saturated carbocycles. The molecule has 1 unspecified atom stereocenters. The number of aliphatic carboxylic acids is 1. The van der Waals surface area contributed by atoms with Gasteiger partial charge in [-0.2, -0.15) is 0 Å². The minimum absolute atomic E-state index is 0. The van der Waals surface area contributed by atoms with Crippen LogP contribution in [0.25, 0.3) is 0 Å². The number of hydrogen-bond acceptors (Lipinski definition) is 4. The van der Waals surface area contributed by atoms with Gasteiger partial charge in [-0.3, -0.25) is 14.5 Å². The number of hydrogen-bond donors (Lipinski definition) is 2. The van der Waals surface area contributed by atoms with E-state index in [1.54, 1.807) is 11.3 Å². The molecule has 23 heavy (non-hydrogen) atoms. The van der Waals surface area contributed by atoms with Crippen molar-refractivity contribution in [3.8, 4) is 0 Å². The standard InChI is InChI=1S/C16H22N2O3S.ClH/c1-11(14(19)17-8-13-5-3-7-22-13)18-9-12-4-2-6-16(12,10-18)15(20)21;/h3,5,7,11-12H,2,4,6,8-10H2,1H3,(H,17,19)(H,20,21);1H/t11?,12-,16+;/m0./s1. The molecule has 3 rings (SSSR count). The van der Waals surface area contributed by atoms with Gasteiger partial charge in [-0.05, 0) is 37.1 Å². The van der Waals surface area contributed by atoms with E-state index in [0.29, 0.717) is 13.1 Å². The van der Waals surface area contributed by atoms with E-state index in [4.69, 9.17) is 0 Å². The van der Waals surface area contributed by atoms with Crippen LogP contribution in [-0.4, -0.2) is 41.0 Å². The number of nitrogens with one attached hydrogen (secondary N) is 1. The molecule has 0 bridgehead atoms. The number of carbonyl (C=O) groups excluding carboxylic acids is 1. The van der Waals surface area contributed by atoms with Crippen molar-refractivity contribution in [3.63, 3.8) is 0 Å². The average Bonchev–Trinajstić information content (AvgIpc) is 3.18. The smallest absolute Gasteiger partial charge is 0.311 e. The van der Waals surface area contributed by atoms with Gasteiger partial charge in [-0.1, -0.05) is 12.5 Å². The third-order valence-electron chi connectivity index (χ3n) is 5.27. The number of likely N-dealkylation sites (tertiary alicyclic amines) is 1. The lowest BCUT2D eigenvalue weighted by Crippen LogP contribution is -2.45. The maximum Gasteiger partial charge on any atom is 0.311 e. The number of carbonyl (C=O) groups is 2. The Morgan fingerprint density at radius 2 is 2.35 bits per heavy atom. The molecule has 1 aromatic heterocycles. The highest BCUT2D eigenvalue weighted by atomic mass is 35.5. The Kier molecular flexibility index (Phi) is 5.70. The summed E-state index contributed by atoms with van der Waals surface area (Å²) >= 11 is 1.62. The fraction of sp³-hybridized carbons (Fsp3) is 0.625. The third-order valence-corrected chi connectivity index (χ3v) is 6.14. The summed E-state index contributed by atoms with van der Waals surface area (Å²) in [6.07, 6.45) is 2.70. The molecule has 1 aliphatic heterocycles. The zero-order valence-corrected chi connectivity index (χ0v) is 14.8. The van der Waals surface area contributed by atoms with Crippen LogP contribution in [0.2, 0.25) is 0 Å². The zero-order valence-electron chi connectivity index (χ0n) is 13.2. The highest BCUT2D eigenvalue weighted by Crippen LogP contribution is 2.49. The Hall–Kier alpha value is -1.11. The Balaban J connectivity index is 0.00000192. The van der Waals surface area contributed by atoms with Gasteiger partial charge in [-0.25, -0.2) is 0 Å². The van der Waals surface area contributed by atoms with Crippen LogP contribution < -0.4 is 5.32 Å². The second kappa shape index (κ2) is 7.20. The predicted octanol–water partition coefficient (Wildman–Crippen LogP) is 2.36. The molecule has 128 valence electrons. The quantitative estimate of drug-likeness (QED) is 0.847. The first-order valence-corrected chi connectivity index (χ1v) is 8.68. The monoisotopic (exact) mass is 358 g/mol. The zero-order chi connectivity index (χ0) is 15.7. The number of fused-ring (bicyclic) bond motifs is 1. The molecule has 5 nitrogen and oxygen atoms in total. The van der Waals surface area contributed by atoms with Gasteiger partial charge in [0.2, 0.25) is 5.91 Å². The number of carboxylic acid groups (broad SMARTS) is 1. The van der Waals surface area contributed by atoms with Crippen molar-refractivity contribution in [2.75, 3.05) is 13.1 Å². The normalized spacial score (nSPS) is 28.0. The number of halogens is 1. The van der Waals surface area contributed by atoms with Crippen molar-refractivity contribution in [1.82, 2.24) is 10.2 Å². The summed E-state index contributed by atoms with van der Waals surface area (Å²) in [6, 6.07) is 3.69. The summed E-state index contributed by atoms with van der Waals surface area (Å²) in [5, 5.41) is 14.6. The van der Waals surface area contributed by atoms with E-state index in [-0.39, 0.29) is 30.3 Å². The fourth-order valence-electron chi connectivity index (χ4n) is 3.87. The van der Waals surface area contributed by atoms with Crippen LogP contribution in [-0.2, 0) is 16.1 Å². The lowest BCUT2D eigenvalue weighted by atomic mass is 9.81. The molecule has 7 heteroatoms. The summed E-state index contributed by atoms with van der Waals surface area (Å²) in [6.45, 7) is 3.64. The number of rotatable bonds is 5. The minimum Gasteiger partial charge on any atom is -0.481 e. The van der Waals surface area contributed by atoms with Gasteiger partial charge in [0.05, 0.1) is 18.0 Å². The first-order chi connectivity index (χ1) is 10.5. The Bertz CT molecular complexity index is 566. The van der Waals surface area contributed by atoms with E-state index >= 15 is 0 Å². The summed E-state index contributed by atoms with van der Waals surface area (Å²) in [5.41, 5.74) is -0.623. The number of carboxylic acids is 1. The van der Waals surface area contributed by atoms with Crippen molar-refractivity contribution in [2.24, 2.45) is 11.3 Å². The second-order valence-electron chi connectivity index (χ2n) is 6.45. The second-order valence-corrected chi connectivity index (χ2v) is 7.49. The topological polar surface area (TPSA) is 69.6 Å². The van der Waals surface area contributed by atoms with Crippen LogP contribution in [0.4, 0.5) is 0 Å². The molecule has 1 aliphatic carbocycles. The van der Waals surface area contributed by atoms with Crippen LogP contribution in [0.5, 0.6) is 0 Å². The largest absolute Gasteiger partial charge is 0.481 e. The molecular formula is C16H23ClN2O3S. The Labute approximate surface area is 146 Å². The van der Waals surface area contributed by atoms with Gasteiger partial charge >= 0.3 is 5.97 Å². The van der Waals surface area contributed by atoms with E-state index in [1.807, 2.05) is 29.3 Å². The predicted molar refractivity (Wildman–Crippen MR) is 91.9 cm³/mol. The lowest BCUT2D eigenvalue weighted by Gasteiger charge is -2.26. The molecule has 1 aromatic rings. The van der Waals surface area contributed by atoms with Crippen molar-refractivity contribution >= 4 is 35.6 Å². The van der Waals surface area contributed by atoms with Gasteiger partial charge in [0.15, 0.2) is 0 Å². The number of thiophene rings is 1. The van der Waals surface area contributed by atoms with E-state index < -0.39 is 11.4 Å². The first kappa shape index (κ1) is 18.2. The Morgan fingerprint density at radius 1 is 1.57 bits per heavy atom. The number of nitrogens with zero attached hydrogens (tertiary/aromatic N) is 1. The molecule has 0 spiro atoms. The highest BCUT2D eigenvalue weighted by Gasteiger charge is 2.55. The van der Waals surface area contributed by atoms with Crippen molar-refractivity contribution in [1.29, 1.82) is 0 Å². The lowest BCUT2D eigenvalue weighted by molar-refractivity contribution is -0.149. The summed E-state index contributed by atoms with van der Waals surface area (Å²) in [7, 11) is 0. The van der Waals surface area contributed by atoms with Gasteiger partial charge in [0, 0.05) is 18.0 Å². The summed E-state index contributed by atoms with van der Waals surface area (Å²) < 4.78 is 0. The molecule has 0 aromatic carbocycles. The fourth-order valence-corrected chi connectivity index (χ4v) is 4.52. The van der Waals surface area contributed by atoms with E-state index in [9.17, 15) is 14.7 Å². The molecule has 2 heterocycles. The molecule has 2 N–H and O–H groups in total. The molecule has 1 amide bonds. The van der Waals surface area contributed by atoms with Crippen molar-refractivity contribution < 1.29 is 14.7 Å². The average molecular weight is 359 g/mol. The van der Waals surface area contributed by atoms with Crippen LogP contribution in [0, 0.1) is 11.3 Å².